The van der Waals surface area contributed by atoms with E-state index in [9.17, 15) is 14.7 Å². The Morgan fingerprint density at radius 3 is 2.89 bits per heavy atom. The number of aliphatic carboxylic acids is 1. The van der Waals surface area contributed by atoms with Gasteiger partial charge in [-0.05, 0) is 58.5 Å². The van der Waals surface area contributed by atoms with Crippen LogP contribution in [0, 0.1) is 3.57 Å². The number of carbonyl (C=O) groups excluding carboxylic acids is 1. The lowest BCUT2D eigenvalue weighted by atomic mass is 10.2. The number of imidazole rings is 1. The molecule has 9 heteroatoms. The van der Waals surface area contributed by atoms with Crippen molar-refractivity contribution in [1.82, 2.24) is 9.38 Å². The summed E-state index contributed by atoms with van der Waals surface area (Å²) >= 11 is 3.33. The van der Waals surface area contributed by atoms with Gasteiger partial charge in [0, 0.05) is 0 Å². The van der Waals surface area contributed by atoms with E-state index in [4.69, 9.17) is 9.47 Å². The molecule has 7 nitrogen and oxygen atoms in total. The van der Waals surface area contributed by atoms with E-state index in [1.54, 1.807) is 22.6 Å². The molecule has 0 aliphatic heterocycles. The van der Waals surface area contributed by atoms with Crippen molar-refractivity contribution in [3.63, 3.8) is 0 Å². The fourth-order valence-electron chi connectivity index (χ4n) is 2.86. The fourth-order valence-corrected chi connectivity index (χ4v) is 4.63. The number of para-hydroxylation sites is 2. The fraction of sp³-hybridized carbons (Fsp3) is 0.105. The molecule has 0 unspecified atom stereocenters. The summed E-state index contributed by atoms with van der Waals surface area (Å²) in [6.07, 6.45) is 1.75. The minimum Gasteiger partial charge on any atom is -0.546 e. The number of rotatable bonds is 5. The van der Waals surface area contributed by atoms with Gasteiger partial charge < -0.3 is 19.4 Å². The van der Waals surface area contributed by atoms with Crippen molar-refractivity contribution < 1.29 is 19.4 Å². The van der Waals surface area contributed by atoms with Gasteiger partial charge in [-0.2, -0.15) is 0 Å². The normalized spacial score (nSPS) is 12.0. The average molecular weight is 507 g/mol. The third kappa shape index (κ3) is 3.31. The summed E-state index contributed by atoms with van der Waals surface area (Å²) in [5.74, 6) is -0.629. The van der Waals surface area contributed by atoms with Crippen LogP contribution in [0.3, 0.4) is 0 Å². The van der Waals surface area contributed by atoms with Crippen molar-refractivity contribution in [2.45, 2.75) is 0 Å². The Morgan fingerprint density at radius 2 is 2.14 bits per heavy atom. The van der Waals surface area contributed by atoms with Crippen LogP contribution in [-0.2, 0) is 4.79 Å². The Hall–Kier alpha value is -2.66. The summed E-state index contributed by atoms with van der Waals surface area (Å²) in [7, 11) is 1.46. The summed E-state index contributed by atoms with van der Waals surface area (Å²) in [5, 5.41) is 10.7. The van der Waals surface area contributed by atoms with Gasteiger partial charge in [0.1, 0.15) is 6.61 Å². The van der Waals surface area contributed by atoms with Crippen LogP contribution in [0.5, 0.6) is 11.5 Å². The van der Waals surface area contributed by atoms with Gasteiger partial charge in [-0.15, -0.1) is 0 Å². The van der Waals surface area contributed by atoms with Crippen LogP contribution in [0.1, 0.15) is 5.56 Å². The SMILES string of the molecule is COc1cc(/C=c2/sc3nc4ccccc4n3c2=O)cc(I)c1OCC(=O)[O-]. The van der Waals surface area contributed by atoms with Crippen LogP contribution in [0.2, 0.25) is 0 Å². The molecule has 0 aliphatic carbocycles. The minimum atomic E-state index is -1.32. The lowest BCUT2D eigenvalue weighted by Gasteiger charge is -2.13. The molecule has 0 bridgehead atoms. The summed E-state index contributed by atoms with van der Waals surface area (Å²) < 4.78 is 13.4. The third-order valence-corrected chi connectivity index (χ3v) is 5.80. The Morgan fingerprint density at radius 1 is 1.36 bits per heavy atom. The van der Waals surface area contributed by atoms with Gasteiger partial charge in [-0.25, -0.2) is 9.38 Å². The number of halogens is 1. The van der Waals surface area contributed by atoms with Crippen LogP contribution in [0.25, 0.3) is 22.1 Å². The molecule has 142 valence electrons. The second-order valence-corrected chi connectivity index (χ2v) is 8.00. The number of carboxylic acids is 1. The highest BCUT2D eigenvalue weighted by atomic mass is 127. The van der Waals surface area contributed by atoms with Crippen molar-refractivity contribution in [2.24, 2.45) is 0 Å². The Bertz CT molecular complexity index is 1330. The molecule has 0 atom stereocenters. The molecule has 0 saturated heterocycles. The summed E-state index contributed by atoms with van der Waals surface area (Å²) in [4.78, 5) is 28.6. The van der Waals surface area contributed by atoms with Crippen LogP contribution < -0.4 is 24.7 Å². The summed E-state index contributed by atoms with van der Waals surface area (Å²) in [5.41, 5.74) is 2.15. The van der Waals surface area contributed by atoms with E-state index in [-0.39, 0.29) is 5.56 Å². The summed E-state index contributed by atoms with van der Waals surface area (Å²) in [6, 6.07) is 11.0. The molecule has 4 rings (SSSR count). The Kier molecular flexibility index (Phi) is 4.94. The zero-order chi connectivity index (χ0) is 19.8. The molecule has 0 saturated carbocycles. The van der Waals surface area contributed by atoms with E-state index < -0.39 is 12.6 Å². The standard InChI is InChI=1S/C19H13IN2O5S/c1-26-14-7-10(6-11(20)17(14)27-9-16(23)24)8-15-18(25)22-13-5-3-2-4-12(13)21-19(22)28-15/h2-8H,9H2,1H3,(H,23,24)/p-1/b15-8+. The monoisotopic (exact) mass is 507 g/mol. The van der Waals surface area contributed by atoms with E-state index in [0.717, 1.165) is 16.6 Å². The lowest BCUT2D eigenvalue weighted by Crippen LogP contribution is -2.29. The number of methoxy groups -OCH3 is 1. The van der Waals surface area contributed by atoms with Gasteiger partial charge in [0.15, 0.2) is 16.5 Å². The predicted molar refractivity (Wildman–Crippen MR) is 112 cm³/mol. The number of fused-ring (bicyclic) bond motifs is 3. The molecule has 0 amide bonds. The molecular weight excluding hydrogens is 495 g/mol. The van der Waals surface area contributed by atoms with Crippen LogP contribution in [-0.4, -0.2) is 29.1 Å². The third-order valence-electron chi connectivity index (χ3n) is 4.03. The minimum absolute atomic E-state index is 0.139. The average Bonchev–Trinajstić information content (AvgIpc) is 3.16. The molecule has 2 aromatic heterocycles. The molecule has 4 aromatic rings. The first-order valence-corrected chi connectivity index (χ1v) is 9.99. The molecule has 0 aliphatic rings. The van der Waals surface area contributed by atoms with Gasteiger partial charge in [-0.3, -0.25) is 4.79 Å². The quantitative estimate of drug-likeness (QED) is 0.377. The number of carbonyl (C=O) groups is 1. The number of thiazole rings is 1. The van der Waals surface area contributed by atoms with Crippen molar-refractivity contribution >= 4 is 62.0 Å². The van der Waals surface area contributed by atoms with Gasteiger partial charge in [0.05, 0.1) is 32.2 Å². The van der Waals surface area contributed by atoms with Crippen molar-refractivity contribution in [1.29, 1.82) is 0 Å². The van der Waals surface area contributed by atoms with Gasteiger partial charge >= 0.3 is 0 Å². The molecule has 0 fully saturated rings. The molecule has 0 spiro atoms. The van der Waals surface area contributed by atoms with E-state index in [0.29, 0.717) is 24.6 Å². The van der Waals surface area contributed by atoms with Crippen LogP contribution >= 0.6 is 33.9 Å². The molecule has 2 heterocycles. The number of benzene rings is 2. The highest BCUT2D eigenvalue weighted by molar-refractivity contribution is 14.1. The Balaban J connectivity index is 1.82. The van der Waals surface area contributed by atoms with Crippen molar-refractivity contribution in [2.75, 3.05) is 13.7 Å². The molecule has 28 heavy (non-hydrogen) atoms. The highest BCUT2D eigenvalue weighted by Gasteiger charge is 2.13. The molecule has 0 N–H and O–H groups in total. The number of ether oxygens (including phenoxy) is 2. The number of hydrogen-bond donors (Lipinski definition) is 0. The maximum absolute atomic E-state index is 12.9. The highest BCUT2D eigenvalue weighted by Crippen LogP contribution is 2.34. The smallest absolute Gasteiger partial charge is 0.274 e. The zero-order valence-electron chi connectivity index (χ0n) is 14.5. The van der Waals surface area contributed by atoms with Gasteiger partial charge in [0.2, 0.25) is 0 Å². The van der Waals surface area contributed by atoms with E-state index >= 15 is 0 Å². The zero-order valence-corrected chi connectivity index (χ0v) is 17.4. The van der Waals surface area contributed by atoms with Crippen LogP contribution in [0.15, 0.2) is 41.2 Å². The van der Waals surface area contributed by atoms with Gasteiger partial charge in [0.25, 0.3) is 5.56 Å². The second kappa shape index (κ2) is 7.40. The summed E-state index contributed by atoms with van der Waals surface area (Å²) in [6.45, 7) is -0.574. The number of hydrogen-bond acceptors (Lipinski definition) is 7. The van der Waals surface area contributed by atoms with E-state index in [2.05, 4.69) is 4.98 Å². The molecular formula is C19H12IN2O5S-. The second-order valence-electron chi connectivity index (χ2n) is 5.83. The Labute approximate surface area is 176 Å². The first-order valence-electron chi connectivity index (χ1n) is 8.10. The van der Waals surface area contributed by atoms with Crippen molar-refractivity contribution in [3.05, 3.63) is 60.4 Å². The first-order chi connectivity index (χ1) is 13.5. The number of carboxylic acid groups (broad SMARTS) is 1. The van der Waals surface area contributed by atoms with E-state index in [1.807, 2.05) is 46.9 Å². The lowest BCUT2D eigenvalue weighted by molar-refractivity contribution is -0.307. The maximum atomic E-state index is 12.9. The first kappa shape index (κ1) is 18.7. The number of aromatic nitrogens is 2. The van der Waals surface area contributed by atoms with E-state index in [1.165, 1.54) is 18.4 Å². The molecule has 2 aromatic carbocycles. The largest absolute Gasteiger partial charge is 0.546 e. The van der Waals surface area contributed by atoms with Gasteiger partial charge in [-0.1, -0.05) is 23.5 Å². The predicted octanol–water partition coefficient (Wildman–Crippen LogP) is 1.20. The van der Waals surface area contributed by atoms with Crippen LogP contribution in [0.4, 0.5) is 0 Å². The number of nitrogens with zero attached hydrogens (tertiary/aromatic N) is 2. The topological polar surface area (TPSA) is 93.0 Å². The molecule has 0 radical (unpaired) electrons. The maximum Gasteiger partial charge on any atom is 0.274 e. The van der Waals surface area contributed by atoms with Crippen molar-refractivity contribution in [3.8, 4) is 11.5 Å².